The Balaban J connectivity index is 2.23. The maximum Gasteiger partial charge on any atom is 0.295 e. The van der Waals surface area contributed by atoms with Crippen molar-refractivity contribution in [3.05, 3.63) is 33.9 Å². The van der Waals surface area contributed by atoms with Gasteiger partial charge in [-0.25, -0.2) is 8.78 Å². The lowest BCUT2D eigenvalue weighted by molar-refractivity contribution is -0.384. The molecule has 2 unspecified atom stereocenters. The predicted molar refractivity (Wildman–Crippen MR) is 76.2 cm³/mol. The Morgan fingerprint density at radius 1 is 1.40 bits per heavy atom. The average molecular weight is 302 g/mol. The molecule has 1 aliphatic rings. The highest BCUT2D eigenvalue weighted by molar-refractivity contribution is 7.99. The minimum Gasteiger partial charge on any atom is -0.374 e. The number of nitrogens with zero attached hydrogens (tertiary/aromatic N) is 1. The van der Waals surface area contributed by atoms with Crippen LogP contribution in [0, 0.1) is 21.7 Å². The summed E-state index contributed by atoms with van der Waals surface area (Å²) in [4.78, 5) is 10.2. The Morgan fingerprint density at radius 2 is 2.15 bits per heavy atom. The number of hydrogen-bond donors (Lipinski definition) is 1. The van der Waals surface area contributed by atoms with Crippen LogP contribution in [-0.2, 0) is 0 Å². The van der Waals surface area contributed by atoms with Gasteiger partial charge in [-0.3, -0.25) is 10.1 Å². The monoisotopic (exact) mass is 302 g/mol. The van der Waals surface area contributed by atoms with Crippen molar-refractivity contribution >= 4 is 23.1 Å². The summed E-state index contributed by atoms with van der Waals surface area (Å²) >= 11 is 1.74. The van der Waals surface area contributed by atoms with E-state index in [0.29, 0.717) is 5.25 Å². The van der Waals surface area contributed by atoms with E-state index in [-0.39, 0.29) is 11.7 Å². The molecular weight excluding hydrogens is 286 g/mol. The SMILES string of the molecule is CSC1CCCC(Nc2c([N+](=O)[O-])ccc(F)c2F)C1. The van der Waals surface area contributed by atoms with Gasteiger partial charge in [0.2, 0.25) is 0 Å². The Kier molecular flexibility index (Phi) is 4.80. The van der Waals surface area contributed by atoms with E-state index in [1.165, 1.54) is 0 Å². The van der Waals surface area contributed by atoms with Crippen LogP contribution in [0.4, 0.5) is 20.2 Å². The fourth-order valence-electron chi connectivity index (χ4n) is 2.52. The molecule has 4 nitrogen and oxygen atoms in total. The lowest BCUT2D eigenvalue weighted by Crippen LogP contribution is -2.29. The zero-order valence-corrected chi connectivity index (χ0v) is 11.9. The summed E-state index contributed by atoms with van der Waals surface area (Å²) in [5.74, 6) is -2.25. The maximum absolute atomic E-state index is 13.8. The molecule has 1 N–H and O–H groups in total. The van der Waals surface area contributed by atoms with E-state index in [2.05, 4.69) is 5.32 Å². The number of thioether (sulfide) groups is 1. The highest BCUT2D eigenvalue weighted by Gasteiger charge is 2.27. The van der Waals surface area contributed by atoms with Crippen molar-refractivity contribution in [3.63, 3.8) is 0 Å². The predicted octanol–water partition coefficient (Wildman–Crippen LogP) is 3.96. The summed E-state index contributed by atoms with van der Waals surface area (Å²) in [7, 11) is 0. The molecule has 1 saturated carbocycles. The third-order valence-electron chi connectivity index (χ3n) is 3.58. The molecule has 110 valence electrons. The van der Waals surface area contributed by atoms with Gasteiger partial charge in [0, 0.05) is 17.4 Å². The lowest BCUT2D eigenvalue weighted by atomic mass is 9.94. The van der Waals surface area contributed by atoms with E-state index < -0.39 is 22.2 Å². The molecule has 1 aromatic rings. The number of rotatable bonds is 4. The van der Waals surface area contributed by atoms with Gasteiger partial charge in [0.25, 0.3) is 5.69 Å². The Morgan fingerprint density at radius 3 is 2.80 bits per heavy atom. The fraction of sp³-hybridized carbons (Fsp3) is 0.538. The van der Waals surface area contributed by atoms with Gasteiger partial charge in [-0.2, -0.15) is 11.8 Å². The van der Waals surface area contributed by atoms with E-state index in [9.17, 15) is 18.9 Å². The first-order valence-electron chi connectivity index (χ1n) is 6.44. The summed E-state index contributed by atoms with van der Waals surface area (Å²) in [6, 6.07) is 1.72. The highest BCUT2D eigenvalue weighted by Crippen LogP contribution is 2.34. The topological polar surface area (TPSA) is 55.2 Å². The van der Waals surface area contributed by atoms with Crippen LogP contribution in [0.15, 0.2) is 12.1 Å². The van der Waals surface area contributed by atoms with Crippen molar-refractivity contribution in [2.75, 3.05) is 11.6 Å². The summed E-state index contributed by atoms with van der Waals surface area (Å²) in [6.45, 7) is 0. The van der Waals surface area contributed by atoms with Crippen LogP contribution in [0.25, 0.3) is 0 Å². The first kappa shape index (κ1) is 15.0. The number of hydrogen-bond acceptors (Lipinski definition) is 4. The van der Waals surface area contributed by atoms with Gasteiger partial charge < -0.3 is 5.32 Å². The molecular formula is C13H16F2N2O2S. The minimum absolute atomic E-state index is 0.0591. The maximum atomic E-state index is 13.8. The molecule has 1 fully saturated rings. The highest BCUT2D eigenvalue weighted by atomic mass is 32.2. The van der Waals surface area contributed by atoms with Gasteiger partial charge in [-0.1, -0.05) is 6.42 Å². The average Bonchev–Trinajstić information content (AvgIpc) is 2.44. The van der Waals surface area contributed by atoms with Crippen molar-refractivity contribution in [2.45, 2.75) is 37.0 Å². The van der Waals surface area contributed by atoms with Gasteiger partial charge in [0.15, 0.2) is 17.3 Å². The van der Waals surface area contributed by atoms with Crippen molar-refractivity contribution in [2.24, 2.45) is 0 Å². The van der Waals surface area contributed by atoms with E-state index >= 15 is 0 Å². The molecule has 1 aliphatic carbocycles. The lowest BCUT2D eigenvalue weighted by Gasteiger charge is -2.29. The van der Waals surface area contributed by atoms with Crippen molar-refractivity contribution < 1.29 is 13.7 Å². The van der Waals surface area contributed by atoms with Gasteiger partial charge in [-0.15, -0.1) is 0 Å². The Labute approximate surface area is 120 Å². The summed E-state index contributed by atoms with van der Waals surface area (Å²) in [6.07, 6.45) is 5.69. The second-order valence-corrected chi connectivity index (χ2v) is 6.02. The number of anilines is 1. The van der Waals surface area contributed by atoms with Crippen LogP contribution in [0.1, 0.15) is 25.7 Å². The molecule has 0 aromatic heterocycles. The molecule has 0 amide bonds. The molecule has 0 aliphatic heterocycles. The number of nitro groups is 1. The van der Waals surface area contributed by atoms with E-state index in [0.717, 1.165) is 37.8 Å². The van der Waals surface area contributed by atoms with Crippen LogP contribution in [0.5, 0.6) is 0 Å². The van der Waals surface area contributed by atoms with Crippen molar-refractivity contribution in [3.8, 4) is 0 Å². The molecule has 0 saturated heterocycles. The zero-order valence-electron chi connectivity index (χ0n) is 11.1. The second kappa shape index (κ2) is 6.39. The molecule has 20 heavy (non-hydrogen) atoms. The number of benzene rings is 1. The van der Waals surface area contributed by atoms with E-state index in [4.69, 9.17) is 0 Å². The standard InChI is InChI=1S/C13H16F2N2O2S/c1-20-9-4-2-3-8(7-9)16-13-11(17(18)19)6-5-10(14)12(13)15/h5-6,8-9,16H,2-4,7H2,1H3. The van der Waals surface area contributed by atoms with E-state index in [1.54, 1.807) is 11.8 Å². The van der Waals surface area contributed by atoms with Gasteiger partial charge >= 0.3 is 0 Å². The minimum atomic E-state index is -1.18. The molecule has 0 bridgehead atoms. The van der Waals surface area contributed by atoms with Crippen LogP contribution < -0.4 is 5.32 Å². The normalized spacial score (nSPS) is 22.6. The zero-order chi connectivity index (χ0) is 14.7. The van der Waals surface area contributed by atoms with Gasteiger partial charge in [-0.05, 0) is 31.6 Å². The van der Waals surface area contributed by atoms with Crippen molar-refractivity contribution in [1.82, 2.24) is 0 Å². The molecule has 7 heteroatoms. The van der Waals surface area contributed by atoms with E-state index in [1.807, 2.05) is 6.26 Å². The first-order valence-corrected chi connectivity index (χ1v) is 7.73. The molecule has 2 rings (SSSR count). The third kappa shape index (κ3) is 3.20. The molecule has 0 radical (unpaired) electrons. The number of nitrogens with one attached hydrogen (secondary N) is 1. The molecule has 2 atom stereocenters. The summed E-state index contributed by atoms with van der Waals surface area (Å²) in [5.41, 5.74) is -0.753. The van der Waals surface area contributed by atoms with Crippen LogP contribution in [-0.4, -0.2) is 22.5 Å². The second-order valence-electron chi connectivity index (χ2n) is 4.88. The van der Waals surface area contributed by atoms with Gasteiger partial charge in [0.1, 0.15) is 0 Å². The summed E-state index contributed by atoms with van der Waals surface area (Å²) in [5, 5.41) is 14.2. The Bertz CT molecular complexity index is 513. The number of nitro benzene ring substituents is 1. The fourth-order valence-corrected chi connectivity index (χ4v) is 3.35. The largest absolute Gasteiger partial charge is 0.374 e. The van der Waals surface area contributed by atoms with Crippen LogP contribution in [0.3, 0.4) is 0 Å². The Hall–Kier alpha value is -1.37. The quantitative estimate of drug-likeness (QED) is 0.675. The molecule has 0 spiro atoms. The molecule has 1 aromatic carbocycles. The van der Waals surface area contributed by atoms with Gasteiger partial charge in [0.05, 0.1) is 4.92 Å². The third-order valence-corrected chi connectivity index (χ3v) is 4.67. The number of halogens is 2. The smallest absolute Gasteiger partial charge is 0.295 e. The molecule has 0 heterocycles. The summed E-state index contributed by atoms with van der Waals surface area (Å²) < 4.78 is 27.1. The van der Waals surface area contributed by atoms with Crippen LogP contribution in [0.2, 0.25) is 0 Å². The van der Waals surface area contributed by atoms with Crippen LogP contribution >= 0.6 is 11.8 Å². The van der Waals surface area contributed by atoms with Crippen molar-refractivity contribution in [1.29, 1.82) is 0 Å². The first-order chi connectivity index (χ1) is 9.52.